The van der Waals surface area contributed by atoms with Crippen LogP contribution < -0.4 is 14.7 Å². The van der Waals surface area contributed by atoms with Gasteiger partial charge in [0.15, 0.2) is 0 Å². The van der Waals surface area contributed by atoms with E-state index in [-0.39, 0.29) is 10.8 Å². The summed E-state index contributed by atoms with van der Waals surface area (Å²) in [5, 5.41) is 0. The van der Waals surface area contributed by atoms with Crippen molar-refractivity contribution in [1.82, 2.24) is 0 Å². The Balaban J connectivity index is 1.03. The SMILES string of the molecule is C=C1/C=C\C=C/CC(C)(C)c2cc(N(c3ccc(C4(c5ccc(N(c6cc(C)c(C)c(C)c6)c6ccc7c(c6)C(C)(C)c6ccccc6-7)cc5)c5ccccc5N(c5ccc(C)cc5)c5ccc(C)cc54)cc3)c3cc(C)c(C)c(C)c3)ccc21. The predicted octanol–water partition coefficient (Wildman–Crippen LogP) is 22.4. The maximum Gasteiger partial charge on any atom is 0.0742 e. The van der Waals surface area contributed by atoms with Crippen LogP contribution in [0.4, 0.5) is 51.2 Å². The van der Waals surface area contributed by atoms with Crippen molar-refractivity contribution in [3.05, 3.63) is 320 Å². The van der Waals surface area contributed by atoms with E-state index in [0.29, 0.717) is 0 Å². The summed E-state index contributed by atoms with van der Waals surface area (Å²) in [6.45, 7) is 31.9. The Morgan fingerprint density at radius 2 is 0.871 bits per heavy atom. The molecule has 0 fully saturated rings. The highest BCUT2D eigenvalue weighted by Gasteiger charge is 2.47. The van der Waals surface area contributed by atoms with E-state index in [1.54, 1.807) is 0 Å². The van der Waals surface area contributed by atoms with Crippen molar-refractivity contribution in [2.24, 2.45) is 0 Å². The molecule has 3 heteroatoms. The number of hydrogen-bond acceptors (Lipinski definition) is 3. The minimum atomic E-state index is -0.754. The van der Waals surface area contributed by atoms with Crippen molar-refractivity contribution in [1.29, 1.82) is 0 Å². The highest BCUT2D eigenvalue weighted by Crippen LogP contribution is 2.59. The van der Waals surface area contributed by atoms with Crippen LogP contribution in [-0.4, -0.2) is 0 Å². The van der Waals surface area contributed by atoms with Gasteiger partial charge in [0, 0.05) is 45.2 Å². The number of benzene rings is 10. The normalized spacial score (nSPS) is 16.8. The van der Waals surface area contributed by atoms with Crippen LogP contribution in [0.2, 0.25) is 0 Å². The van der Waals surface area contributed by atoms with Crippen LogP contribution in [0.25, 0.3) is 16.7 Å². The minimum Gasteiger partial charge on any atom is -0.310 e. The largest absolute Gasteiger partial charge is 0.310 e. The fourth-order valence-corrected chi connectivity index (χ4v) is 14.2. The molecular formula is C82H77N3. The van der Waals surface area contributed by atoms with E-state index in [1.807, 2.05) is 0 Å². The second-order valence-corrected chi connectivity index (χ2v) is 25.7. The van der Waals surface area contributed by atoms with Crippen LogP contribution in [0.1, 0.15) is 123 Å². The molecule has 1 aliphatic heterocycles. The summed E-state index contributed by atoms with van der Waals surface area (Å²) < 4.78 is 0. The first-order valence-electron chi connectivity index (χ1n) is 30.3. The van der Waals surface area contributed by atoms with Crippen molar-refractivity contribution in [3.63, 3.8) is 0 Å². The minimum absolute atomic E-state index is 0.139. The third kappa shape index (κ3) is 9.10. The van der Waals surface area contributed by atoms with Gasteiger partial charge in [0.1, 0.15) is 0 Å². The molecule has 0 radical (unpaired) electrons. The summed E-state index contributed by atoms with van der Waals surface area (Å²) in [6.07, 6.45) is 9.62. The summed E-state index contributed by atoms with van der Waals surface area (Å²) >= 11 is 0. The van der Waals surface area contributed by atoms with Crippen molar-refractivity contribution >= 4 is 56.8 Å². The maximum atomic E-state index is 4.57. The van der Waals surface area contributed by atoms with Gasteiger partial charge in [-0.15, -0.1) is 0 Å². The third-order valence-corrected chi connectivity index (χ3v) is 19.4. The van der Waals surface area contributed by atoms with Gasteiger partial charge >= 0.3 is 0 Å². The zero-order chi connectivity index (χ0) is 59.3. The number of nitrogens with zero attached hydrogens (tertiary/aromatic N) is 3. The first kappa shape index (κ1) is 55.0. The lowest BCUT2D eigenvalue weighted by Gasteiger charge is -2.47. The molecule has 0 spiro atoms. The molecule has 0 N–H and O–H groups in total. The van der Waals surface area contributed by atoms with Crippen LogP contribution in [-0.2, 0) is 16.2 Å². The van der Waals surface area contributed by atoms with Crippen LogP contribution in [0.3, 0.4) is 0 Å². The quantitative estimate of drug-likeness (QED) is 0.143. The van der Waals surface area contributed by atoms with Crippen LogP contribution in [0, 0.1) is 55.4 Å². The molecule has 85 heavy (non-hydrogen) atoms. The highest BCUT2D eigenvalue weighted by molar-refractivity contribution is 5.92. The number of aryl methyl sites for hydroxylation is 6. The van der Waals surface area contributed by atoms with Crippen LogP contribution in [0.5, 0.6) is 0 Å². The summed E-state index contributed by atoms with van der Waals surface area (Å²) in [7, 11) is 0. The van der Waals surface area contributed by atoms with E-state index in [2.05, 4.69) is 329 Å². The number of fused-ring (bicyclic) bond motifs is 6. The number of allylic oxidation sites excluding steroid dienone is 5. The Hall–Kier alpha value is -9.18. The second-order valence-electron chi connectivity index (χ2n) is 25.7. The Morgan fingerprint density at radius 3 is 1.46 bits per heavy atom. The van der Waals surface area contributed by atoms with Crippen molar-refractivity contribution in [3.8, 4) is 11.1 Å². The number of para-hydroxylation sites is 1. The molecule has 1 atom stereocenters. The van der Waals surface area contributed by atoms with Gasteiger partial charge in [-0.05, 0) is 259 Å². The number of rotatable bonds is 9. The molecule has 3 aliphatic rings. The van der Waals surface area contributed by atoms with Gasteiger partial charge in [-0.2, -0.15) is 0 Å². The van der Waals surface area contributed by atoms with Gasteiger partial charge in [0.25, 0.3) is 0 Å². The molecule has 1 heterocycles. The van der Waals surface area contributed by atoms with E-state index < -0.39 is 5.41 Å². The van der Waals surface area contributed by atoms with Crippen molar-refractivity contribution in [2.45, 2.75) is 106 Å². The smallest absolute Gasteiger partial charge is 0.0742 e. The molecule has 420 valence electrons. The van der Waals surface area contributed by atoms with Gasteiger partial charge in [0.2, 0.25) is 0 Å². The average Bonchev–Trinajstić information content (AvgIpc) is 1.33. The molecule has 2 aliphatic carbocycles. The standard InChI is InChI=1S/C82H77N3/c1-52-26-33-65(34-27-52)85-78-25-19-18-24-74(78)82(77-45-53(2)28-43-79(77)85,61-29-35-63(36-30-61)83(68-46-55(4)59(8)56(5)47-68)66-39-41-70-54(3)21-15-14-20-44-80(10,11)75(70)50-66)62-31-37-64(38-32-62)84(69-48-57(6)60(9)58(7)49-69)67-40-42-72-71-22-16-17-23-73(71)81(12,13)76(72)51-67/h14-43,45-51H,3,44H2,1-2,4-13H3/b20-14-,21-15-. The second kappa shape index (κ2) is 20.9. The van der Waals surface area contributed by atoms with Gasteiger partial charge in [0.05, 0.1) is 16.8 Å². The lowest BCUT2D eigenvalue weighted by Crippen LogP contribution is -2.38. The van der Waals surface area contributed by atoms with E-state index in [0.717, 1.165) is 63.2 Å². The topological polar surface area (TPSA) is 9.72 Å². The van der Waals surface area contributed by atoms with Gasteiger partial charge in [-0.25, -0.2) is 0 Å². The Labute approximate surface area is 505 Å². The average molecular weight is 1100 g/mol. The number of anilines is 9. The number of hydrogen-bond donors (Lipinski definition) is 0. The molecule has 13 rings (SSSR count). The molecular weight excluding hydrogens is 1030 g/mol. The lowest BCUT2D eigenvalue weighted by atomic mass is 9.62. The van der Waals surface area contributed by atoms with Gasteiger partial charge < -0.3 is 14.7 Å². The van der Waals surface area contributed by atoms with E-state index >= 15 is 0 Å². The first-order chi connectivity index (χ1) is 40.8. The molecule has 0 bridgehead atoms. The molecule has 0 aromatic heterocycles. The van der Waals surface area contributed by atoms with Crippen LogP contribution >= 0.6 is 0 Å². The molecule has 0 saturated heterocycles. The molecule has 1 unspecified atom stereocenters. The first-order valence-corrected chi connectivity index (χ1v) is 30.3. The lowest BCUT2D eigenvalue weighted by molar-refractivity contribution is 0.533. The predicted molar refractivity (Wildman–Crippen MR) is 363 cm³/mol. The monoisotopic (exact) mass is 1100 g/mol. The van der Waals surface area contributed by atoms with Gasteiger partial charge in [-0.1, -0.05) is 173 Å². The van der Waals surface area contributed by atoms with E-state index in [4.69, 9.17) is 0 Å². The molecule has 0 saturated carbocycles. The Kier molecular flexibility index (Phi) is 13.5. The summed E-state index contributed by atoms with van der Waals surface area (Å²) in [4.78, 5) is 7.43. The summed E-state index contributed by atoms with van der Waals surface area (Å²) in [5.41, 5.74) is 33.0. The van der Waals surface area contributed by atoms with E-state index in [1.165, 1.54) is 100 Å². The molecule has 10 aromatic carbocycles. The fourth-order valence-electron chi connectivity index (χ4n) is 14.2. The zero-order valence-corrected chi connectivity index (χ0v) is 51.6. The summed E-state index contributed by atoms with van der Waals surface area (Å²) in [6, 6.07) is 76.9. The Morgan fingerprint density at radius 1 is 0.388 bits per heavy atom. The van der Waals surface area contributed by atoms with Crippen molar-refractivity contribution in [2.75, 3.05) is 14.7 Å². The molecule has 3 nitrogen and oxygen atoms in total. The summed E-state index contributed by atoms with van der Waals surface area (Å²) in [5.74, 6) is 0. The Bertz CT molecular complexity index is 4330. The van der Waals surface area contributed by atoms with Crippen molar-refractivity contribution < 1.29 is 0 Å². The molecule has 10 aromatic rings. The third-order valence-electron chi connectivity index (χ3n) is 19.4. The maximum absolute atomic E-state index is 4.57. The van der Waals surface area contributed by atoms with E-state index in [9.17, 15) is 0 Å². The zero-order valence-electron chi connectivity index (χ0n) is 51.6. The van der Waals surface area contributed by atoms with Crippen LogP contribution in [0.15, 0.2) is 231 Å². The highest BCUT2D eigenvalue weighted by atomic mass is 15.2. The fraction of sp³-hybridized carbons (Fsp3) is 0.195. The van der Waals surface area contributed by atoms with Gasteiger partial charge in [-0.3, -0.25) is 0 Å². The molecule has 0 amide bonds.